The van der Waals surface area contributed by atoms with Gasteiger partial charge in [-0.2, -0.15) is 0 Å². The second-order valence-electron chi connectivity index (χ2n) is 5.41. The van der Waals surface area contributed by atoms with Gasteiger partial charge in [-0.15, -0.1) is 11.3 Å². The quantitative estimate of drug-likeness (QED) is 0.854. The predicted molar refractivity (Wildman–Crippen MR) is 82.5 cm³/mol. The minimum Gasteiger partial charge on any atom is -0.363 e. The summed E-state index contributed by atoms with van der Waals surface area (Å²) in [7, 11) is 0. The number of aromatic nitrogens is 1. The molecule has 2 aromatic rings. The standard InChI is InChI=1S/C16H17N2O2S/c1-6-17-7-2-13(1)14-3-12-21-15(14)18-8-4-16(5-9-18)19-10-11-20-16/h1-3,6-7H,4-5,8-11H2. The fourth-order valence-electron chi connectivity index (χ4n) is 3.07. The molecule has 0 aliphatic carbocycles. The van der Waals surface area contributed by atoms with Crippen molar-refractivity contribution >= 4 is 16.3 Å². The third-order valence-electron chi connectivity index (χ3n) is 4.21. The fraction of sp³-hybridized carbons (Fsp3) is 0.438. The van der Waals surface area contributed by atoms with Gasteiger partial charge in [-0.25, -0.2) is 0 Å². The second-order valence-corrected chi connectivity index (χ2v) is 6.24. The molecule has 21 heavy (non-hydrogen) atoms. The number of hydrogen-bond donors (Lipinski definition) is 0. The van der Waals surface area contributed by atoms with Crippen molar-refractivity contribution in [2.24, 2.45) is 0 Å². The Morgan fingerprint density at radius 2 is 1.86 bits per heavy atom. The van der Waals surface area contributed by atoms with Gasteiger partial charge in [-0.1, -0.05) is 0 Å². The molecule has 2 saturated heterocycles. The molecule has 2 aliphatic heterocycles. The van der Waals surface area contributed by atoms with Crippen LogP contribution in [0.25, 0.3) is 11.1 Å². The molecule has 0 aromatic carbocycles. The van der Waals surface area contributed by atoms with E-state index in [0.29, 0.717) is 0 Å². The molecular formula is C16H17N2O2S. The van der Waals surface area contributed by atoms with Gasteiger partial charge in [-0.05, 0) is 23.8 Å². The number of pyridine rings is 1. The van der Waals surface area contributed by atoms with Crippen molar-refractivity contribution in [1.29, 1.82) is 0 Å². The number of piperidine rings is 1. The van der Waals surface area contributed by atoms with Crippen molar-refractivity contribution < 1.29 is 9.47 Å². The maximum Gasteiger partial charge on any atom is 0.171 e. The molecule has 1 radical (unpaired) electrons. The summed E-state index contributed by atoms with van der Waals surface area (Å²) in [5.41, 5.74) is 2.44. The highest BCUT2D eigenvalue weighted by atomic mass is 32.1. The number of ether oxygens (including phenoxy) is 2. The summed E-state index contributed by atoms with van der Waals surface area (Å²) in [6, 6.07) is 6.17. The lowest BCUT2D eigenvalue weighted by molar-refractivity contribution is -0.169. The first-order valence-corrected chi connectivity index (χ1v) is 8.11. The van der Waals surface area contributed by atoms with Gasteiger partial charge < -0.3 is 14.4 Å². The van der Waals surface area contributed by atoms with E-state index in [1.165, 1.54) is 16.1 Å². The van der Waals surface area contributed by atoms with Gasteiger partial charge in [0.25, 0.3) is 0 Å². The first kappa shape index (κ1) is 13.2. The van der Waals surface area contributed by atoms with E-state index in [0.717, 1.165) is 39.1 Å². The molecule has 2 fully saturated rings. The number of anilines is 1. The Morgan fingerprint density at radius 3 is 2.57 bits per heavy atom. The Bertz CT molecular complexity index is 598. The van der Waals surface area contributed by atoms with Crippen LogP contribution in [0.3, 0.4) is 0 Å². The Balaban J connectivity index is 1.55. The monoisotopic (exact) mass is 301 g/mol. The molecule has 109 valence electrons. The van der Waals surface area contributed by atoms with Crippen LogP contribution in [0.15, 0.2) is 30.6 Å². The van der Waals surface area contributed by atoms with Crippen molar-refractivity contribution in [3.05, 3.63) is 36.0 Å². The maximum atomic E-state index is 5.80. The van der Waals surface area contributed by atoms with Crippen LogP contribution in [-0.2, 0) is 9.47 Å². The van der Waals surface area contributed by atoms with Crippen molar-refractivity contribution in [1.82, 2.24) is 4.98 Å². The third kappa shape index (κ3) is 2.46. The first-order chi connectivity index (χ1) is 10.4. The van der Waals surface area contributed by atoms with E-state index in [-0.39, 0.29) is 5.79 Å². The Kier molecular flexibility index (Phi) is 3.41. The van der Waals surface area contributed by atoms with Crippen LogP contribution >= 0.6 is 11.3 Å². The highest BCUT2D eigenvalue weighted by Crippen LogP contribution is 2.39. The predicted octanol–water partition coefficient (Wildman–Crippen LogP) is 2.95. The molecule has 0 saturated carbocycles. The fourth-order valence-corrected chi connectivity index (χ4v) is 3.96. The Hall–Kier alpha value is -1.43. The van der Waals surface area contributed by atoms with Crippen molar-refractivity contribution in [3.63, 3.8) is 0 Å². The van der Waals surface area contributed by atoms with Crippen LogP contribution in [0.2, 0.25) is 0 Å². The summed E-state index contributed by atoms with van der Waals surface area (Å²) < 4.78 is 11.6. The van der Waals surface area contributed by atoms with Gasteiger partial charge in [0.2, 0.25) is 0 Å². The highest BCUT2D eigenvalue weighted by Gasteiger charge is 2.40. The summed E-state index contributed by atoms with van der Waals surface area (Å²) in [4.78, 5) is 6.52. The van der Waals surface area contributed by atoms with E-state index >= 15 is 0 Å². The van der Waals surface area contributed by atoms with Crippen LogP contribution in [0.1, 0.15) is 12.8 Å². The molecular weight excluding hydrogens is 284 g/mol. The smallest absolute Gasteiger partial charge is 0.171 e. The van der Waals surface area contributed by atoms with Gasteiger partial charge in [0.15, 0.2) is 5.79 Å². The number of thiophene rings is 1. The van der Waals surface area contributed by atoms with Gasteiger partial charge in [-0.3, -0.25) is 4.98 Å². The van der Waals surface area contributed by atoms with Crippen LogP contribution in [0.5, 0.6) is 0 Å². The van der Waals surface area contributed by atoms with Crippen molar-refractivity contribution in [2.75, 3.05) is 31.2 Å². The van der Waals surface area contributed by atoms with E-state index in [9.17, 15) is 0 Å². The molecule has 4 rings (SSSR count). The molecule has 0 amide bonds. The lowest BCUT2D eigenvalue weighted by atomic mass is 10.0. The molecule has 0 atom stereocenters. The van der Waals surface area contributed by atoms with Crippen LogP contribution in [0.4, 0.5) is 5.00 Å². The van der Waals surface area contributed by atoms with E-state index < -0.39 is 0 Å². The Labute approximate surface area is 128 Å². The van der Waals surface area contributed by atoms with Gasteiger partial charge in [0, 0.05) is 49.3 Å². The van der Waals surface area contributed by atoms with Crippen molar-refractivity contribution in [2.45, 2.75) is 18.6 Å². The molecule has 0 bridgehead atoms. The molecule has 0 unspecified atom stereocenters. The Morgan fingerprint density at radius 1 is 1.14 bits per heavy atom. The zero-order valence-corrected chi connectivity index (χ0v) is 12.6. The summed E-state index contributed by atoms with van der Waals surface area (Å²) in [5, 5.41) is 4.56. The van der Waals surface area contributed by atoms with E-state index in [2.05, 4.69) is 21.3 Å². The average molecular weight is 301 g/mol. The second kappa shape index (κ2) is 5.40. The van der Waals surface area contributed by atoms with E-state index in [1.807, 2.05) is 24.5 Å². The number of hydrogen-bond acceptors (Lipinski definition) is 5. The third-order valence-corrected chi connectivity index (χ3v) is 5.11. The summed E-state index contributed by atoms with van der Waals surface area (Å²) in [5.74, 6) is -0.311. The lowest BCUT2D eigenvalue weighted by Crippen LogP contribution is -2.45. The topological polar surface area (TPSA) is 34.6 Å². The van der Waals surface area contributed by atoms with Gasteiger partial charge in [0.1, 0.15) is 0 Å². The molecule has 4 heterocycles. The molecule has 2 aliphatic rings. The number of nitrogens with zero attached hydrogens (tertiary/aromatic N) is 2. The highest BCUT2D eigenvalue weighted by molar-refractivity contribution is 7.14. The van der Waals surface area contributed by atoms with Gasteiger partial charge in [0.05, 0.1) is 18.2 Å². The van der Waals surface area contributed by atoms with E-state index in [4.69, 9.17) is 9.47 Å². The minimum absolute atomic E-state index is 0.311. The molecule has 2 aromatic heterocycles. The average Bonchev–Trinajstić information content (AvgIpc) is 3.19. The molecule has 1 spiro atoms. The van der Waals surface area contributed by atoms with Gasteiger partial charge >= 0.3 is 0 Å². The first-order valence-electron chi connectivity index (χ1n) is 7.29. The normalized spacial score (nSPS) is 21.0. The maximum absolute atomic E-state index is 5.80. The summed E-state index contributed by atoms with van der Waals surface area (Å²) in [6.45, 7) is 3.39. The van der Waals surface area contributed by atoms with Crippen LogP contribution < -0.4 is 4.90 Å². The molecule has 5 heteroatoms. The SMILES string of the molecule is [c]1cc(-c2ccncc2)c(N2CCC3(CC2)OCCO3)s1. The van der Waals surface area contributed by atoms with Crippen LogP contribution in [0, 0.1) is 5.38 Å². The minimum atomic E-state index is -0.311. The largest absolute Gasteiger partial charge is 0.363 e. The summed E-state index contributed by atoms with van der Waals surface area (Å²) >= 11 is 1.68. The molecule has 4 nitrogen and oxygen atoms in total. The van der Waals surface area contributed by atoms with E-state index in [1.54, 1.807) is 11.3 Å². The zero-order valence-electron chi connectivity index (χ0n) is 11.7. The lowest BCUT2D eigenvalue weighted by Gasteiger charge is -2.38. The van der Waals surface area contributed by atoms with Crippen LogP contribution in [-0.4, -0.2) is 37.1 Å². The number of rotatable bonds is 2. The zero-order chi connectivity index (χ0) is 14.1. The van der Waals surface area contributed by atoms with Crippen molar-refractivity contribution in [3.8, 4) is 11.1 Å². The summed E-state index contributed by atoms with van der Waals surface area (Å²) in [6.07, 6.45) is 5.53. The molecule has 0 N–H and O–H groups in total.